The molecular weight excluding hydrogens is 218 g/mol. The number of rotatable bonds is 7. The fourth-order valence-corrected chi connectivity index (χ4v) is 2.29. The number of ether oxygens (including phenoxy) is 1. The number of aliphatic hydroxyl groups is 1. The molecule has 1 amide bonds. The fourth-order valence-electron chi connectivity index (χ4n) is 2.29. The summed E-state index contributed by atoms with van der Waals surface area (Å²) in [5, 5.41) is 12.0. The van der Waals surface area contributed by atoms with Gasteiger partial charge in [0.25, 0.3) is 0 Å². The first kappa shape index (κ1) is 14.5. The van der Waals surface area contributed by atoms with Gasteiger partial charge in [0.2, 0.25) is 5.91 Å². The standard InChI is InChI=1S/C13H25NO3/c1-2-3-11(4-7-15)10-14-13(16)12-5-8-17-9-6-12/h11-12,15H,2-10H2,1H3,(H,14,16). The van der Waals surface area contributed by atoms with Crippen LogP contribution in [-0.4, -0.2) is 37.4 Å². The van der Waals surface area contributed by atoms with Crippen molar-refractivity contribution in [3.63, 3.8) is 0 Å². The van der Waals surface area contributed by atoms with E-state index in [0.717, 1.165) is 32.1 Å². The molecule has 0 aromatic rings. The predicted octanol–water partition coefficient (Wildman–Crippen LogP) is 1.33. The van der Waals surface area contributed by atoms with Crippen molar-refractivity contribution in [2.24, 2.45) is 11.8 Å². The van der Waals surface area contributed by atoms with Crippen LogP contribution in [0.1, 0.15) is 39.0 Å². The highest BCUT2D eigenvalue weighted by Gasteiger charge is 2.21. The maximum absolute atomic E-state index is 11.9. The molecule has 1 aliphatic heterocycles. The van der Waals surface area contributed by atoms with E-state index in [1.54, 1.807) is 0 Å². The molecule has 0 aliphatic carbocycles. The van der Waals surface area contributed by atoms with Gasteiger partial charge in [-0.3, -0.25) is 4.79 Å². The highest BCUT2D eigenvalue weighted by molar-refractivity contribution is 5.78. The molecule has 0 bridgehead atoms. The molecule has 1 fully saturated rings. The molecule has 1 heterocycles. The lowest BCUT2D eigenvalue weighted by Crippen LogP contribution is -2.37. The minimum absolute atomic E-state index is 0.125. The van der Waals surface area contributed by atoms with Gasteiger partial charge in [0.1, 0.15) is 0 Å². The van der Waals surface area contributed by atoms with Gasteiger partial charge in [0.15, 0.2) is 0 Å². The second-order valence-electron chi connectivity index (χ2n) is 4.80. The molecule has 0 spiro atoms. The smallest absolute Gasteiger partial charge is 0.223 e. The zero-order valence-corrected chi connectivity index (χ0v) is 10.8. The molecule has 0 aromatic carbocycles. The maximum Gasteiger partial charge on any atom is 0.223 e. The van der Waals surface area contributed by atoms with Crippen molar-refractivity contribution >= 4 is 5.91 Å². The second-order valence-corrected chi connectivity index (χ2v) is 4.80. The number of amides is 1. The molecule has 2 N–H and O–H groups in total. The number of hydrogen-bond acceptors (Lipinski definition) is 3. The lowest BCUT2D eigenvalue weighted by Gasteiger charge is -2.23. The van der Waals surface area contributed by atoms with Crippen molar-refractivity contribution in [3.8, 4) is 0 Å². The minimum Gasteiger partial charge on any atom is -0.396 e. The zero-order valence-electron chi connectivity index (χ0n) is 10.8. The monoisotopic (exact) mass is 243 g/mol. The van der Waals surface area contributed by atoms with E-state index < -0.39 is 0 Å². The van der Waals surface area contributed by atoms with Crippen molar-refractivity contribution < 1.29 is 14.6 Å². The van der Waals surface area contributed by atoms with Crippen molar-refractivity contribution in [1.82, 2.24) is 5.32 Å². The first-order valence-corrected chi connectivity index (χ1v) is 6.74. The Hall–Kier alpha value is -0.610. The topological polar surface area (TPSA) is 58.6 Å². The maximum atomic E-state index is 11.9. The van der Waals surface area contributed by atoms with Crippen LogP contribution in [0.15, 0.2) is 0 Å². The van der Waals surface area contributed by atoms with Crippen LogP contribution in [-0.2, 0) is 9.53 Å². The molecule has 0 radical (unpaired) electrons. The van der Waals surface area contributed by atoms with Gasteiger partial charge in [-0.05, 0) is 31.6 Å². The lowest BCUT2D eigenvalue weighted by atomic mass is 9.97. The van der Waals surface area contributed by atoms with E-state index in [9.17, 15) is 4.79 Å². The molecule has 4 nitrogen and oxygen atoms in total. The van der Waals surface area contributed by atoms with Gasteiger partial charge in [-0.25, -0.2) is 0 Å². The van der Waals surface area contributed by atoms with Crippen LogP contribution in [0.3, 0.4) is 0 Å². The average molecular weight is 243 g/mol. The Morgan fingerprint density at radius 2 is 2.12 bits per heavy atom. The molecule has 17 heavy (non-hydrogen) atoms. The van der Waals surface area contributed by atoms with Crippen molar-refractivity contribution in [2.45, 2.75) is 39.0 Å². The Bertz CT molecular complexity index is 209. The summed E-state index contributed by atoms with van der Waals surface area (Å²) >= 11 is 0. The number of nitrogens with one attached hydrogen (secondary N) is 1. The Labute approximate surface area is 104 Å². The summed E-state index contributed by atoms with van der Waals surface area (Å²) in [6, 6.07) is 0. The summed E-state index contributed by atoms with van der Waals surface area (Å²) in [5.41, 5.74) is 0. The third-order valence-corrected chi connectivity index (χ3v) is 3.39. The van der Waals surface area contributed by atoms with E-state index in [0.29, 0.717) is 25.7 Å². The van der Waals surface area contributed by atoms with Crippen LogP contribution < -0.4 is 5.32 Å². The van der Waals surface area contributed by atoms with Crippen molar-refractivity contribution in [2.75, 3.05) is 26.4 Å². The third kappa shape index (κ3) is 5.50. The number of aliphatic hydroxyl groups excluding tert-OH is 1. The summed E-state index contributed by atoms with van der Waals surface area (Å²) in [6.45, 7) is 4.44. The minimum atomic E-state index is 0.125. The summed E-state index contributed by atoms with van der Waals surface area (Å²) in [5.74, 6) is 0.696. The summed E-state index contributed by atoms with van der Waals surface area (Å²) in [6.07, 6.45) is 4.61. The van der Waals surface area contributed by atoms with Gasteiger partial charge in [-0.2, -0.15) is 0 Å². The summed E-state index contributed by atoms with van der Waals surface area (Å²) in [4.78, 5) is 11.9. The Kier molecular flexibility index (Phi) is 7.21. The zero-order chi connectivity index (χ0) is 12.5. The fraction of sp³-hybridized carbons (Fsp3) is 0.923. The van der Waals surface area contributed by atoms with E-state index in [2.05, 4.69) is 12.2 Å². The van der Waals surface area contributed by atoms with Gasteiger partial charge in [-0.1, -0.05) is 13.3 Å². The first-order valence-electron chi connectivity index (χ1n) is 6.74. The van der Waals surface area contributed by atoms with Crippen LogP contribution >= 0.6 is 0 Å². The average Bonchev–Trinajstić information content (AvgIpc) is 2.37. The molecule has 1 saturated heterocycles. The summed E-state index contributed by atoms with van der Waals surface area (Å²) < 4.78 is 5.24. The molecule has 100 valence electrons. The summed E-state index contributed by atoms with van der Waals surface area (Å²) in [7, 11) is 0. The Morgan fingerprint density at radius 3 is 2.71 bits per heavy atom. The first-order chi connectivity index (χ1) is 8.27. The van der Waals surface area contributed by atoms with E-state index in [1.165, 1.54) is 0 Å². The molecule has 1 rings (SSSR count). The molecule has 4 heteroatoms. The van der Waals surface area contributed by atoms with Gasteiger partial charge in [0.05, 0.1) is 0 Å². The number of hydrogen-bond donors (Lipinski definition) is 2. The van der Waals surface area contributed by atoms with E-state index in [4.69, 9.17) is 9.84 Å². The highest BCUT2D eigenvalue weighted by atomic mass is 16.5. The molecule has 1 unspecified atom stereocenters. The van der Waals surface area contributed by atoms with Crippen LogP contribution in [0.5, 0.6) is 0 Å². The lowest BCUT2D eigenvalue weighted by molar-refractivity contribution is -0.128. The largest absolute Gasteiger partial charge is 0.396 e. The van der Waals surface area contributed by atoms with Gasteiger partial charge < -0.3 is 15.2 Å². The Balaban J connectivity index is 2.24. The van der Waals surface area contributed by atoms with E-state index >= 15 is 0 Å². The molecule has 0 saturated carbocycles. The molecule has 1 aliphatic rings. The SMILES string of the molecule is CCCC(CCO)CNC(=O)C1CCOCC1. The van der Waals surface area contributed by atoms with E-state index in [-0.39, 0.29) is 18.4 Å². The van der Waals surface area contributed by atoms with Gasteiger partial charge in [0, 0.05) is 32.3 Å². The quantitative estimate of drug-likeness (QED) is 0.709. The van der Waals surface area contributed by atoms with E-state index in [1.807, 2.05) is 0 Å². The van der Waals surface area contributed by atoms with Crippen LogP contribution in [0, 0.1) is 11.8 Å². The molecular formula is C13H25NO3. The molecule has 0 aromatic heterocycles. The predicted molar refractivity (Wildman–Crippen MR) is 66.7 cm³/mol. The Morgan fingerprint density at radius 1 is 1.41 bits per heavy atom. The van der Waals surface area contributed by atoms with Crippen LogP contribution in [0.2, 0.25) is 0 Å². The molecule has 1 atom stereocenters. The van der Waals surface area contributed by atoms with Gasteiger partial charge >= 0.3 is 0 Å². The van der Waals surface area contributed by atoms with Crippen molar-refractivity contribution in [1.29, 1.82) is 0 Å². The van der Waals surface area contributed by atoms with Crippen molar-refractivity contribution in [3.05, 3.63) is 0 Å². The third-order valence-electron chi connectivity index (χ3n) is 3.39. The van der Waals surface area contributed by atoms with Crippen LogP contribution in [0.4, 0.5) is 0 Å². The number of carbonyl (C=O) groups is 1. The normalized spacial score (nSPS) is 18.9. The second kappa shape index (κ2) is 8.48. The number of carbonyl (C=O) groups excluding carboxylic acids is 1. The highest BCUT2D eigenvalue weighted by Crippen LogP contribution is 2.15. The van der Waals surface area contributed by atoms with Crippen LogP contribution in [0.25, 0.3) is 0 Å². The van der Waals surface area contributed by atoms with Gasteiger partial charge in [-0.15, -0.1) is 0 Å².